The summed E-state index contributed by atoms with van der Waals surface area (Å²) in [5.74, 6) is -0.0744. The lowest BCUT2D eigenvalue weighted by atomic mass is 9.98. The van der Waals surface area contributed by atoms with Crippen molar-refractivity contribution in [2.75, 3.05) is 0 Å². The molecule has 1 atom stereocenters. The molecule has 0 aliphatic heterocycles. The Labute approximate surface area is 114 Å². The van der Waals surface area contributed by atoms with Gasteiger partial charge in [0.25, 0.3) is 0 Å². The summed E-state index contributed by atoms with van der Waals surface area (Å²) in [6.45, 7) is 2.03. The zero-order chi connectivity index (χ0) is 13.5. The number of hydrogen-bond acceptors (Lipinski definition) is 3. The monoisotopic (exact) mass is 259 g/mol. The molecule has 1 aliphatic rings. The van der Waals surface area contributed by atoms with Crippen LogP contribution in [0.3, 0.4) is 0 Å². The third-order valence-electron chi connectivity index (χ3n) is 3.55. The molecular weight excluding hydrogens is 238 g/mol. The molecule has 0 amide bonds. The minimum Gasteiger partial charge on any atom is -0.318 e. The highest BCUT2D eigenvalue weighted by Crippen LogP contribution is 2.19. The van der Waals surface area contributed by atoms with Gasteiger partial charge in [-0.05, 0) is 37.2 Å². The van der Waals surface area contributed by atoms with Crippen molar-refractivity contribution < 1.29 is 9.63 Å². The van der Waals surface area contributed by atoms with Crippen LogP contribution in [0.4, 0.5) is 0 Å². The lowest BCUT2D eigenvalue weighted by molar-refractivity contribution is -0.144. The van der Waals surface area contributed by atoms with E-state index in [9.17, 15) is 4.79 Å². The SMILES string of the molecule is CC(CC(=O)ON=C1CCCCC1)c1ccccc1. The van der Waals surface area contributed by atoms with Gasteiger partial charge >= 0.3 is 5.97 Å². The molecule has 1 aliphatic carbocycles. The smallest absolute Gasteiger partial charge is 0.318 e. The van der Waals surface area contributed by atoms with Gasteiger partial charge < -0.3 is 4.84 Å². The zero-order valence-electron chi connectivity index (χ0n) is 11.5. The van der Waals surface area contributed by atoms with E-state index in [4.69, 9.17) is 4.84 Å². The van der Waals surface area contributed by atoms with Crippen LogP contribution in [-0.4, -0.2) is 11.7 Å². The normalized spacial score (nSPS) is 16.8. The Hall–Kier alpha value is -1.64. The molecule has 0 aromatic heterocycles. The lowest BCUT2D eigenvalue weighted by Crippen LogP contribution is -2.10. The topological polar surface area (TPSA) is 38.7 Å². The number of rotatable bonds is 4. The van der Waals surface area contributed by atoms with Crippen LogP contribution in [-0.2, 0) is 9.63 Å². The Kier molecular flexibility index (Phi) is 5.13. The summed E-state index contributed by atoms with van der Waals surface area (Å²) in [5.41, 5.74) is 2.19. The molecule has 1 saturated carbocycles. The maximum absolute atomic E-state index is 11.7. The minimum absolute atomic E-state index is 0.167. The first-order chi connectivity index (χ1) is 9.25. The Morgan fingerprint density at radius 2 is 1.89 bits per heavy atom. The van der Waals surface area contributed by atoms with Gasteiger partial charge in [-0.1, -0.05) is 48.8 Å². The van der Waals surface area contributed by atoms with Crippen LogP contribution in [0.1, 0.15) is 56.9 Å². The van der Waals surface area contributed by atoms with Crippen LogP contribution < -0.4 is 0 Å². The summed E-state index contributed by atoms with van der Waals surface area (Å²) in [6, 6.07) is 10.0. The first-order valence-corrected chi connectivity index (χ1v) is 7.06. The van der Waals surface area contributed by atoms with Gasteiger partial charge in [-0.3, -0.25) is 0 Å². The van der Waals surface area contributed by atoms with E-state index in [-0.39, 0.29) is 11.9 Å². The van der Waals surface area contributed by atoms with Crippen molar-refractivity contribution in [3.05, 3.63) is 35.9 Å². The fourth-order valence-corrected chi connectivity index (χ4v) is 2.35. The number of nitrogens with zero attached hydrogens (tertiary/aromatic N) is 1. The van der Waals surface area contributed by atoms with Crippen LogP contribution in [0.25, 0.3) is 0 Å². The van der Waals surface area contributed by atoms with Crippen molar-refractivity contribution in [1.82, 2.24) is 0 Å². The van der Waals surface area contributed by atoms with Crippen LogP contribution in [0.2, 0.25) is 0 Å². The molecule has 2 rings (SSSR count). The van der Waals surface area contributed by atoms with E-state index in [0.717, 1.165) is 37.0 Å². The van der Waals surface area contributed by atoms with E-state index < -0.39 is 0 Å². The van der Waals surface area contributed by atoms with E-state index in [1.165, 1.54) is 6.42 Å². The number of carbonyl (C=O) groups excluding carboxylic acids is 1. The number of hydrogen-bond donors (Lipinski definition) is 0. The second-order valence-corrected chi connectivity index (χ2v) is 5.20. The molecule has 1 aromatic carbocycles. The highest BCUT2D eigenvalue weighted by Gasteiger charge is 2.13. The van der Waals surface area contributed by atoms with Crippen molar-refractivity contribution in [3.63, 3.8) is 0 Å². The lowest BCUT2D eigenvalue weighted by Gasteiger charge is -2.12. The number of carbonyl (C=O) groups is 1. The molecule has 102 valence electrons. The predicted molar refractivity (Wildman–Crippen MR) is 76.1 cm³/mol. The molecule has 19 heavy (non-hydrogen) atoms. The fraction of sp³-hybridized carbons (Fsp3) is 0.500. The van der Waals surface area contributed by atoms with Crippen molar-refractivity contribution in [2.24, 2.45) is 5.16 Å². The number of oxime groups is 1. The van der Waals surface area contributed by atoms with Gasteiger partial charge in [-0.25, -0.2) is 4.79 Å². The second-order valence-electron chi connectivity index (χ2n) is 5.20. The largest absolute Gasteiger partial charge is 0.335 e. The molecule has 1 fully saturated rings. The average Bonchev–Trinajstić information content (AvgIpc) is 2.47. The second kappa shape index (κ2) is 7.07. The minimum atomic E-state index is -0.241. The van der Waals surface area contributed by atoms with Gasteiger partial charge in [0.05, 0.1) is 12.1 Å². The molecule has 0 saturated heterocycles. The summed E-state index contributed by atoms with van der Waals surface area (Å²) in [7, 11) is 0. The summed E-state index contributed by atoms with van der Waals surface area (Å²) in [6.07, 6.45) is 5.91. The molecule has 1 unspecified atom stereocenters. The van der Waals surface area contributed by atoms with Crippen LogP contribution in [0, 0.1) is 0 Å². The molecule has 0 bridgehead atoms. The van der Waals surface area contributed by atoms with E-state index in [1.807, 2.05) is 37.3 Å². The van der Waals surface area contributed by atoms with Gasteiger partial charge in [0.2, 0.25) is 0 Å². The maximum atomic E-state index is 11.7. The molecule has 0 spiro atoms. The molecular formula is C16H21NO2. The number of benzene rings is 1. The molecule has 0 N–H and O–H groups in total. The molecule has 0 radical (unpaired) electrons. The third-order valence-corrected chi connectivity index (χ3v) is 3.55. The summed E-state index contributed by atoms with van der Waals surface area (Å²) >= 11 is 0. The van der Waals surface area contributed by atoms with E-state index >= 15 is 0 Å². The van der Waals surface area contributed by atoms with Gasteiger partial charge in [0.1, 0.15) is 0 Å². The van der Waals surface area contributed by atoms with Gasteiger partial charge in [-0.2, -0.15) is 0 Å². The van der Waals surface area contributed by atoms with Gasteiger partial charge in [0.15, 0.2) is 0 Å². The Balaban J connectivity index is 1.81. The first-order valence-electron chi connectivity index (χ1n) is 7.06. The zero-order valence-corrected chi connectivity index (χ0v) is 11.5. The first kappa shape index (κ1) is 13.8. The van der Waals surface area contributed by atoms with Gasteiger partial charge in [0, 0.05) is 0 Å². The van der Waals surface area contributed by atoms with Crippen molar-refractivity contribution in [1.29, 1.82) is 0 Å². The molecule has 0 heterocycles. The Morgan fingerprint density at radius 1 is 1.21 bits per heavy atom. The van der Waals surface area contributed by atoms with Crippen LogP contribution >= 0.6 is 0 Å². The fourth-order valence-electron chi connectivity index (χ4n) is 2.35. The van der Waals surface area contributed by atoms with Crippen molar-refractivity contribution in [2.45, 2.75) is 51.4 Å². The van der Waals surface area contributed by atoms with Crippen molar-refractivity contribution in [3.8, 4) is 0 Å². The maximum Gasteiger partial charge on any atom is 0.335 e. The Morgan fingerprint density at radius 3 is 2.58 bits per heavy atom. The predicted octanol–water partition coefficient (Wildman–Crippen LogP) is 4.04. The average molecular weight is 259 g/mol. The van der Waals surface area contributed by atoms with E-state index in [0.29, 0.717) is 6.42 Å². The quantitative estimate of drug-likeness (QED) is 0.604. The van der Waals surface area contributed by atoms with Crippen LogP contribution in [0.5, 0.6) is 0 Å². The van der Waals surface area contributed by atoms with Crippen molar-refractivity contribution >= 4 is 11.7 Å². The third kappa shape index (κ3) is 4.51. The summed E-state index contributed by atoms with van der Waals surface area (Å²) in [5, 5.41) is 4.00. The molecule has 3 nitrogen and oxygen atoms in total. The Bertz CT molecular complexity index is 431. The summed E-state index contributed by atoms with van der Waals surface area (Å²) in [4.78, 5) is 16.8. The standard InChI is InChI=1S/C16H21NO2/c1-13(14-8-4-2-5-9-14)12-16(18)19-17-15-10-6-3-7-11-15/h2,4-5,8-9,13H,3,6-7,10-12H2,1H3. The van der Waals surface area contributed by atoms with E-state index in [1.54, 1.807) is 0 Å². The molecule has 1 aromatic rings. The summed E-state index contributed by atoms with van der Waals surface area (Å²) < 4.78 is 0. The highest BCUT2D eigenvalue weighted by molar-refractivity contribution is 5.85. The highest BCUT2D eigenvalue weighted by atomic mass is 16.7. The van der Waals surface area contributed by atoms with E-state index in [2.05, 4.69) is 5.16 Å². The van der Waals surface area contributed by atoms with Crippen LogP contribution in [0.15, 0.2) is 35.5 Å². The molecule has 3 heteroatoms. The van der Waals surface area contributed by atoms with Gasteiger partial charge in [-0.15, -0.1) is 0 Å².